The molecule has 6 rings (SSSR count). The quantitative estimate of drug-likeness (QED) is 0.209. The number of amides is 2. The van der Waals surface area contributed by atoms with Gasteiger partial charge in [-0.25, -0.2) is 9.96 Å². The molecule has 2 aliphatic heterocycles. The molecule has 2 aliphatic rings. The number of carbonyl (C=O) groups excluding carboxylic acids is 2. The number of nitrogens with zero attached hydrogens (tertiary/aromatic N) is 3. The third kappa shape index (κ3) is 3.57. The van der Waals surface area contributed by atoms with Crippen LogP contribution in [0.1, 0.15) is 10.9 Å². The second-order valence-electron chi connectivity index (χ2n) is 8.51. The Morgan fingerprint density at radius 2 is 1.42 bits per heavy atom. The smallest absolute Gasteiger partial charge is 0.269 e. The van der Waals surface area contributed by atoms with Crippen molar-refractivity contribution in [3.63, 3.8) is 0 Å². The summed E-state index contributed by atoms with van der Waals surface area (Å²) in [6.07, 6.45) is -0.937. The molecule has 3 atom stereocenters. The normalized spacial score (nSPS) is 21.2. The first-order valence-corrected chi connectivity index (χ1v) is 12.1. The van der Waals surface area contributed by atoms with E-state index in [0.717, 1.165) is 21.0 Å². The highest BCUT2D eigenvalue weighted by atomic mass is 32.1. The van der Waals surface area contributed by atoms with Crippen molar-refractivity contribution in [1.29, 1.82) is 0 Å². The van der Waals surface area contributed by atoms with Crippen LogP contribution in [0.5, 0.6) is 0 Å². The first-order chi connectivity index (χ1) is 17.5. The van der Waals surface area contributed by atoms with E-state index in [1.54, 1.807) is 41.5 Å². The summed E-state index contributed by atoms with van der Waals surface area (Å²) in [5, 5.41) is 12.7. The lowest BCUT2D eigenvalue weighted by molar-refractivity contribution is -0.384. The van der Waals surface area contributed by atoms with Gasteiger partial charge in [-0.05, 0) is 54.1 Å². The third-order valence-corrected chi connectivity index (χ3v) is 7.63. The molecular formula is C27H19N3O5S. The van der Waals surface area contributed by atoms with Gasteiger partial charge in [0, 0.05) is 21.9 Å². The number of carbonyl (C=O) groups is 2. The van der Waals surface area contributed by atoms with Crippen LogP contribution in [0.25, 0.3) is 10.4 Å². The van der Waals surface area contributed by atoms with E-state index < -0.39 is 23.0 Å². The van der Waals surface area contributed by atoms with Crippen LogP contribution in [0.2, 0.25) is 0 Å². The van der Waals surface area contributed by atoms with Crippen molar-refractivity contribution in [2.75, 3.05) is 9.96 Å². The summed E-state index contributed by atoms with van der Waals surface area (Å²) >= 11 is 1.47. The Hall–Kier alpha value is -4.34. The molecule has 2 saturated heterocycles. The molecule has 178 valence electrons. The monoisotopic (exact) mass is 497 g/mol. The Bertz CT molecular complexity index is 1460. The second-order valence-corrected chi connectivity index (χ2v) is 9.63. The fourth-order valence-corrected chi connectivity index (χ4v) is 5.89. The zero-order valence-electron chi connectivity index (χ0n) is 18.8. The van der Waals surface area contributed by atoms with Crippen LogP contribution in [0.4, 0.5) is 17.1 Å². The van der Waals surface area contributed by atoms with Crippen molar-refractivity contribution in [3.05, 3.63) is 112 Å². The molecule has 3 heterocycles. The maximum absolute atomic E-state index is 13.7. The number of fused-ring (bicyclic) bond motifs is 1. The van der Waals surface area contributed by atoms with Gasteiger partial charge in [0.15, 0.2) is 6.10 Å². The number of rotatable bonds is 5. The van der Waals surface area contributed by atoms with E-state index in [2.05, 4.69) is 0 Å². The van der Waals surface area contributed by atoms with Crippen molar-refractivity contribution < 1.29 is 19.3 Å². The van der Waals surface area contributed by atoms with Gasteiger partial charge in [-0.1, -0.05) is 36.4 Å². The van der Waals surface area contributed by atoms with E-state index in [-0.39, 0.29) is 17.5 Å². The van der Waals surface area contributed by atoms with Gasteiger partial charge in [-0.2, -0.15) is 0 Å². The first-order valence-electron chi connectivity index (χ1n) is 11.3. The maximum Gasteiger partial charge on any atom is 0.269 e. The van der Waals surface area contributed by atoms with Crippen molar-refractivity contribution >= 4 is 40.2 Å². The fourth-order valence-electron chi connectivity index (χ4n) is 4.75. The summed E-state index contributed by atoms with van der Waals surface area (Å²) in [7, 11) is 0. The standard InChI is InChI=1S/C27H19N3O5S/c31-26-23-24(22-16-15-21(36-22)17-11-13-20(14-12-17)30(33)34)29(19-9-5-2-6-10-19)35-25(23)27(32)28(26)18-7-3-1-4-8-18/h1-16,23-25H/t23-,24+,25+/m0/s1. The number of anilines is 2. The molecule has 9 heteroatoms. The largest absolute Gasteiger partial charge is 0.273 e. The third-order valence-electron chi connectivity index (χ3n) is 6.42. The summed E-state index contributed by atoms with van der Waals surface area (Å²) in [6.45, 7) is 0. The zero-order chi connectivity index (χ0) is 24.8. The SMILES string of the molecule is O=C1[C@H]2[C@@H](c3ccc(-c4ccc([N+](=O)[O-])cc4)s3)N(c3ccccc3)O[C@H]2C(=O)N1c1ccccc1. The number of nitro benzene ring substituents is 1. The van der Waals surface area contributed by atoms with E-state index in [0.29, 0.717) is 5.69 Å². The lowest BCUT2D eigenvalue weighted by atomic mass is 9.95. The topological polar surface area (TPSA) is 93.0 Å². The lowest BCUT2D eigenvalue weighted by Gasteiger charge is -2.27. The number of hydroxylamine groups is 1. The molecule has 0 N–H and O–H groups in total. The van der Waals surface area contributed by atoms with Crippen LogP contribution in [0, 0.1) is 16.0 Å². The van der Waals surface area contributed by atoms with E-state index in [1.165, 1.54) is 28.4 Å². The molecular weight excluding hydrogens is 478 g/mol. The molecule has 0 unspecified atom stereocenters. The number of thiophene rings is 1. The van der Waals surface area contributed by atoms with E-state index in [1.807, 2.05) is 48.5 Å². The second kappa shape index (κ2) is 8.71. The Kier molecular flexibility index (Phi) is 5.36. The maximum atomic E-state index is 13.7. The first kappa shape index (κ1) is 22.1. The molecule has 0 radical (unpaired) electrons. The number of hydrogen-bond acceptors (Lipinski definition) is 7. The van der Waals surface area contributed by atoms with Crippen molar-refractivity contribution in [2.24, 2.45) is 5.92 Å². The summed E-state index contributed by atoms with van der Waals surface area (Å²) < 4.78 is 0. The van der Waals surface area contributed by atoms with Gasteiger partial charge in [0.05, 0.1) is 16.3 Å². The molecule has 3 aromatic carbocycles. The highest BCUT2D eigenvalue weighted by Gasteiger charge is 2.60. The van der Waals surface area contributed by atoms with Crippen molar-refractivity contribution in [1.82, 2.24) is 0 Å². The minimum absolute atomic E-state index is 0.0221. The molecule has 4 aromatic rings. The van der Waals surface area contributed by atoms with Gasteiger partial charge in [-0.15, -0.1) is 11.3 Å². The minimum Gasteiger partial charge on any atom is -0.273 e. The Morgan fingerprint density at radius 3 is 2.06 bits per heavy atom. The summed E-state index contributed by atoms with van der Waals surface area (Å²) in [5.41, 5.74) is 2.12. The van der Waals surface area contributed by atoms with Gasteiger partial charge in [-0.3, -0.25) is 24.5 Å². The number of para-hydroxylation sites is 2. The number of benzene rings is 3. The predicted octanol–water partition coefficient (Wildman–Crippen LogP) is 5.37. The van der Waals surface area contributed by atoms with Gasteiger partial charge in [0.2, 0.25) is 5.91 Å². The molecule has 1 aromatic heterocycles. The lowest BCUT2D eigenvalue weighted by Crippen LogP contribution is -2.37. The Labute approximate surface area is 210 Å². The number of nitro groups is 1. The Morgan fingerprint density at radius 1 is 0.778 bits per heavy atom. The average Bonchev–Trinajstić information content (AvgIpc) is 3.60. The molecule has 0 aliphatic carbocycles. The number of imide groups is 1. The average molecular weight is 498 g/mol. The van der Waals surface area contributed by atoms with Gasteiger partial charge in [0.25, 0.3) is 11.6 Å². The predicted molar refractivity (Wildman–Crippen MR) is 135 cm³/mol. The van der Waals surface area contributed by atoms with Crippen molar-refractivity contribution in [3.8, 4) is 10.4 Å². The molecule has 36 heavy (non-hydrogen) atoms. The highest BCUT2D eigenvalue weighted by Crippen LogP contribution is 2.49. The molecule has 0 spiro atoms. The van der Waals surface area contributed by atoms with Crippen LogP contribution in [0.15, 0.2) is 97.1 Å². The molecule has 0 bridgehead atoms. The molecule has 8 nitrogen and oxygen atoms in total. The molecule has 2 amide bonds. The summed E-state index contributed by atoms with van der Waals surface area (Å²) in [5.74, 6) is -1.40. The fraction of sp³-hybridized carbons (Fsp3) is 0.111. The minimum atomic E-state index is -0.937. The zero-order valence-corrected chi connectivity index (χ0v) is 19.6. The summed E-state index contributed by atoms with van der Waals surface area (Å²) in [4.78, 5) is 46.8. The summed E-state index contributed by atoms with van der Waals surface area (Å²) in [6, 6.07) is 28.0. The Balaban J connectivity index is 1.40. The van der Waals surface area contributed by atoms with Crippen LogP contribution >= 0.6 is 11.3 Å². The van der Waals surface area contributed by atoms with Crippen LogP contribution in [-0.4, -0.2) is 22.8 Å². The van der Waals surface area contributed by atoms with Crippen LogP contribution < -0.4 is 9.96 Å². The van der Waals surface area contributed by atoms with Gasteiger partial charge >= 0.3 is 0 Å². The molecule has 2 fully saturated rings. The van der Waals surface area contributed by atoms with Gasteiger partial charge in [0.1, 0.15) is 12.0 Å². The van der Waals surface area contributed by atoms with E-state index in [4.69, 9.17) is 4.84 Å². The van der Waals surface area contributed by atoms with Crippen LogP contribution in [-0.2, 0) is 14.4 Å². The number of hydrogen-bond donors (Lipinski definition) is 0. The van der Waals surface area contributed by atoms with Gasteiger partial charge < -0.3 is 0 Å². The van der Waals surface area contributed by atoms with Crippen molar-refractivity contribution in [2.45, 2.75) is 12.1 Å². The highest BCUT2D eigenvalue weighted by molar-refractivity contribution is 7.15. The number of non-ortho nitro benzene ring substituents is 1. The van der Waals surface area contributed by atoms with Crippen LogP contribution in [0.3, 0.4) is 0 Å². The van der Waals surface area contributed by atoms with E-state index >= 15 is 0 Å². The molecule has 0 saturated carbocycles. The van der Waals surface area contributed by atoms with E-state index in [9.17, 15) is 19.7 Å².